The predicted octanol–water partition coefficient (Wildman–Crippen LogP) is 0.395. The molecule has 0 spiro atoms. The number of aromatic nitrogens is 1. The molecular weight excluding hydrogens is 305 g/mol. The Morgan fingerprint density at radius 2 is 1.75 bits per heavy atom. The van der Waals surface area contributed by atoms with Crippen molar-refractivity contribution in [3.8, 4) is 0 Å². The number of likely N-dealkylation sites (N-methyl/N-ethyl adjacent to an activating group) is 1. The lowest BCUT2D eigenvalue weighted by Gasteiger charge is -2.38. The predicted molar refractivity (Wildman–Crippen MR) is 97.8 cm³/mol. The van der Waals surface area contributed by atoms with Gasteiger partial charge in [0.15, 0.2) is 0 Å². The number of rotatable bonds is 5. The van der Waals surface area contributed by atoms with E-state index in [0.29, 0.717) is 5.46 Å². The van der Waals surface area contributed by atoms with Crippen LogP contribution in [0.4, 0.5) is 5.82 Å². The van der Waals surface area contributed by atoms with Crippen LogP contribution >= 0.6 is 0 Å². The van der Waals surface area contributed by atoms with Gasteiger partial charge in [-0.3, -0.25) is 0 Å². The van der Waals surface area contributed by atoms with E-state index in [1.165, 1.54) is 0 Å². The maximum atomic E-state index is 10.4. The Bertz CT molecular complexity index is 567. The van der Waals surface area contributed by atoms with E-state index in [9.17, 15) is 10.1 Å². The molecule has 1 aromatic heterocycles. The van der Waals surface area contributed by atoms with E-state index in [1.807, 2.05) is 13.0 Å². The molecule has 0 atom stereocenters. The number of anilines is 1. The summed E-state index contributed by atoms with van der Waals surface area (Å²) in [5.74, 6) is 0.959. The molecule has 1 saturated heterocycles. The first kappa shape index (κ1) is 19.2. The SMILES string of the molecule is Cc1cc(B(O)OC(C)(C)C(C)(C)O)cnc1N1CCN(C)CC1. The Balaban J connectivity index is 2.11. The minimum atomic E-state index is -1.13. The van der Waals surface area contributed by atoms with Gasteiger partial charge in [0.05, 0.1) is 11.2 Å². The molecule has 2 heterocycles. The van der Waals surface area contributed by atoms with Crippen LogP contribution in [-0.4, -0.2) is 71.6 Å². The fourth-order valence-electron chi connectivity index (χ4n) is 2.56. The molecule has 0 aliphatic carbocycles. The van der Waals surface area contributed by atoms with Crippen LogP contribution < -0.4 is 10.4 Å². The van der Waals surface area contributed by atoms with E-state index >= 15 is 0 Å². The second kappa shape index (κ2) is 7.00. The Hall–Kier alpha value is -1.15. The molecule has 7 heteroatoms. The quantitative estimate of drug-likeness (QED) is 0.759. The Morgan fingerprint density at radius 3 is 2.25 bits per heavy atom. The normalized spacial score (nSPS) is 17.2. The molecule has 0 aromatic carbocycles. The molecule has 0 unspecified atom stereocenters. The monoisotopic (exact) mass is 335 g/mol. The standard InChI is InChI=1S/C17H30BN3O3/c1-13-11-14(18(23)24-17(4,5)16(2,3)22)12-19-15(13)21-9-7-20(6)8-10-21/h11-12,22-23H,7-10H2,1-6H3. The zero-order valence-electron chi connectivity index (χ0n) is 15.7. The number of hydrogen-bond donors (Lipinski definition) is 2. The number of aryl methyl sites for hydroxylation is 1. The van der Waals surface area contributed by atoms with E-state index in [-0.39, 0.29) is 0 Å². The van der Waals surface area contributed by atoms with Gasteiger partial charge in [-0.1, -0.05) is 6.07 Å². The van der Waals surface area contributed by atoms with Crippen molar-refractivity contribution in [2.75, 3.05) is 38.1 Å². The van der Waals surface area contributed by atoms with E-state index in [0.717, 1.165) is 37.6 Å². The molecule has 2 rings (SSSR count). The molecule has 1 aliphatic rings. The van der Waals surface area contributed by atoms with Gasteiger partial charge in [0, 0.05) is 37.8 Å². The summed E-state index contributed by atoms with van der Waals surface area (Å²) >= 11 is 0. The van der Waals surface area contributed by atoms with Crippen molar-refractivity contribution in [2.45, 2.75) is 45.8 Å². The summed E-state index contributed by atoms with van der Waals surface area (Å²) in [6.07, 6.45) is 1.66. The third-order valence-corrected chi connectivity index (χ3v) is 5.04. The van der Waals surface area contributed by atoms with Gasteiger partial charge in [-0.15, -0.1) is 0 Å². The van der Waals surface area contributed by atoms with Gasteiger partial charge in [0.1, 0.15) is 5.82 Å². The summed E-state index contributed by atoms with van der Waals surface area (Å²) in [6, 6.07) is 1.91. The third-order valence-electron chi connectivity index (χ3n) is 5.04. The zero-order chi connectivity index (χ0) is 18.1. The summed E-state index contributed by atoms with van der Waals surface area (Å²) in [5, 5.41) is 20.6. The summed E-state index contributed by atoms with van der Waals surface area (Å²) < 4.78 is 5.69. The Labute approximate surface area is 145 Å². The van der Waals surface area contributed by atoms with Crippen LogP contribution in [-0.2, 0) is 4.65 Å². The van der Waals surface area contributed by atoms with Gasteiger partial charge >= 0.3 is 7.12 Å². The van der Waals surface area contributed by atoms with Gasteiger partial charge in [-0.05, 0) is 47.2 Å². The number of piperazine rings is 1. The first-order valence-electron chi connectivity index (χ1n) is 8.49. The Morgan fingerprint density at radius 1 is 1.17 bits per heavy atom. The zero-order valence-corrected chi connectivity index (χ0v) is 15.7. The molecule has 6 nitrogen and oxygen atoms in total. The molecular formula is C17H30BN3O3. The van der Waals surface area contributed by atoms with Crippen LogP contribution in [0.3, 0.4) is 0 Å². The van der Waals surface area contributed by atoms with Crippen LogP contribution in [0.1, 0.15) is 33.3 Å². The minimum Gasteiger partial charge on any atom is -0.423 e. The number of pyridine rings is 1. The average Bonchev–Trinajstić information content (AvgIpc) is 2.46. The van der Waals surface area contributed by atoms with Crippen molar-refractivity contribution in [3.63, 3.8) is 0 Å². The lowest BCUT2D eigenvalue weighted by atomic mass is 9.77. The van der Waals surface area contributed by atoms with Crippen molar-refractivity contribution in [3.05, 3.63) is 17.8 Å². The second-order valence-corrected chi connectivity index (χ2v) is 7.74. The lowest BCUT2D eigenvalue weighted by Crippen LogP contribution is -2.53. The maximum Gasteiger partial charge on any atom is 0.493 e. The highest BCUT2D eigenvalue weighted by Gasteiger charge is 2.39. The van der Waals surface area contributed by atoms with Crippen LogP contribution in [0.25, 0.3) is 0 Å². The summed E-state index contributed by atoms with van der Waals surface area (Å²) in [7, 11) is 0.998. The highest BCUT2D eigenvalue weighted by Crippen LogP contribution is 2.25. The molecule has 2 N–H and O–H groups in total. The van der Waals surface area contributed by atoms with Crippen LogP contribution in [0.2, 0.25) is 0 Å². The summed E-state index contributed by atoms with van der Waals surface area (Å²) in [6.45, 7) is 12.8. The van der Waals surface area contributed by atoms with Crippen molar-refractivity contribution >= 4 is 18.4 Å². The molecule has 0 bridgehead atoms. The van der Waals surface area contributed by atoms with Gasteiger partial charge in [0.25, 0.3) is 0 Å². The van der Waals surface area contributed by atoms with E-state index < -0.39 is 18.3 Å². The highest BCUT2D eigenvalue weighted by molar-refractivity contribution is 6.60. The van der Waals surface area contributed by atoms with Gasteiger partial charge < -0.3 is 24.6 Å². The average molecular weight is 335 g/mol. The molecule has 0 radical (unpaired) electrons. The van der Waals surface area contributed by atoms with Crippen molar-refractivity contribution in [1.29, 1.82) is 0 Å². The lowest BCUT2D eigenvalue weighted by molar-refractivity contribution is -0.0982. The van der Waals surface area contributed by atoms with Crippen molar-refractivity contribution in [1.82, 2.24) is 9.88 Å². The Kier molecular flexibility index (Phi) is 5.59. The molecule has 1 fully saturated rings. The van der Waals surface area contributed by atoms with E-state index in [2.05, 4.69) is 21.8 Å². The molecule has 0 saturated carbocycles. The maximum absolute atomic E-state index is 10.4. The molecule has 134 valence electrons. The van der Waals surface area contributed by atoms with Gasteiger partial charge in [-0.25, -0.2) is 4.98 Å². The van der Waals surface area contributed by atoms with Gasteiger partial charge in [0.2, 0.25) is 0 Å². The fourth-order valence-corrected chi connectivity index (χ4v) is 2.56. The first-order valence-corrected chi connectivity index (χ1v) is 8.49. The third kappa shape index (κ3) is 4.27. The first-order chi connectivity index (χ1) is 11.0. The molecule has 0 amide bonds. The van der Waals surface area contributed by atoms with E-state index in [4.69, 9.17) is 4.65 Å². The number of nitrogens with zero attached hydrogens (tertiary/aromatic N) is 3. The molecule has 24 heavy (non-hydrogen) atoms. The minimum absolute atomic E-state index is 0.600. The topological polar surface area (TPSA) is 69.1 Å². The van der Waals surface area contributed by atoms with Crippen LogP contribution in [0.5, 0.6) is 0 Å². The van der Waals surface area contributed by atoms with Crippen LogP contribution in [0, 0.1) is 6.92 Å². The number of aliphatic hydroxyl groups is 1. The largest absolute Gasteiger partial charge is 0.493 e. The van der Waals surface area contributed by atoms with Gasteiger partial charge in [-0.2, -0.15) is 0 Å². The fraction of sp³-hybridized carbons (Fsp3) is 0.706. The van der Waals surface area contributed by atoms with Crippen molar-refractivity contribution < 1.29 is 14.8 Å². The van der Waals surface area contributed by atoms with Crippen LogP contribution in [0.15, 0.2) is 12.3 Å². The molecule has 1 aliphatic heterocycles. The van der Waals surface area contributed by atoms with E-state index in [1.54, 1.807) is 33.9 Å². The second-order valence-electron chi connectivity index (χ2n) is 7.74. The highest BCUT2D eigenvalue weighted by atomic mass is 16.5. The summed E-state index contributed by atoms with van der Waals surface area (Å²) in [4.78, 5) is 9.12. The smallest absolute Gasteiger partial charge is 0.423 e. The summed E-state index contributed by atoms with van der Waals surface area (Å²) in [5.41, 5.74) is -0.351. The number of hydrogen-bond acceptors (Lipinski definition) is 6. The van der Waals surface area contributed by atoms with Crippen molar-refractivity contribution in [2.24, 2.45) is 0 Å². The molecule has 1 aromatic rings.